The SMILES string of the molecule is O=C1CCC(CCC(=O)NC2CCC(Oc3ccc4ncccc4c3)CC2)=NN1. The summed E-state index contributed by atoms with van der Waals surface area (Å²) in [7, 11) is 0. The Balaban J connectivity index is 1.19. The van der Waals surface area contributed by atoms with Gasteiger partial charge in [0.15, 0.2) is 0 Å². The first-order valence-corrected chi connectivity index (χ1v) is 10.3. The molecule has 0 saturated heterocycles. The fourth-order valence-electron chi connectivity index (χ4n) is 3.89. The summed E-state index contributed by atoms with van der Waals surface area (Å²) in [6.45, 7) is 0. The summed E-state index contributed by atoms with van der Waals surface area (Å²) >= 11 is 0. The van der Waals surface area contributed by atoms with Crippen LogP contribution in [-0.4, -0.2) is 34.7 Å². The molecule has 2 aromatic rings. The van der Waals surface area contributed by atoms with Crippen molar-refractivity contribution in [2.45, 2.75) is 63.5 Å². The van der Waals surface area contributed by atoms with Gasteiger partial charge in [0.1, 0.15) is 5.75 Å². The quantitative estimate of drug-likeness (QED) is 0.787. The molecule has 2 N–H and O–H groups in total. The van der Waals surface area contributed by atoms with Gasteiger partial charge in [0.25, 0.3) is 0 Å². The number of carbonyl (C=O) groups is 2. The first-order valence-electron chi connectivity index (χ1n) is 10.3. The van der Waals surface area contributed by atoms with E-state index >= 15 is 0 Å². The van der Waals surface area contributed by atoms with E-state index in [0.717, 1.165) is 48.0 Å². The maximum Gasteiger partial charge on any atom is 0.240 e. The van der Waals surface area contributed by atoms with Crippen LogP contribution in [0, 0.1) is 0 Å². The Hall–Kier alpha value is -2.96. The highest BCUT2D eigenvalue weighted by Crippen LogP contribution is 2.26. The van der Waals surface area contributed by atoms with E-state index in [1.165, 1.54) is 0 Å². The molecule has 7 nitrogen and oxygen atoms in total. The van der Waals surface area contributed by atoms with Crippen LogP contribution in [0.1, 0.15) is 51.4 Å². The average Bonchev–Trinajstić information content (AvgIpc) is 2.75. The van der Waals surface area contributed by atoms with E-state index in [1.54, 1.807) is 6.20 Å². The van der Waals surface area contributed by atoms with Crippen LogP contribution >= 0.6 is 0 Å². The maximum absolute atomic E-state index is 12.2. The molecule has 152 valence electrons. The van der Waals surface area contributed by atoms with Crippen molar-refractivity contribution in [3.8, 4) is 5.75 Å². The van der Waals surface area contributed by atoms with Gasteiger partial charge in [-0.05, 0) is 62.8 Å². The number of hydrazone groups is 1. The van der Waals surface area contributed by atoms with Crippen LogP contribution in [0.15, 0.2) is 41.6 Å². The molecule has 1 aliphatic carbocycles. The zero-order valence-corrected chi connectivity index (χ0v) is 16.4. The minimum absolute atomic E-state index is 0.0518. The monoisotopic (exact) mass is 394 g/mol. The first-order chi connectivity index (χ1) is 14.2. The van der Waals surface area contributed by atoms with Crippen LogP contribution in [0.5, 0.6) is 5.75 Å². The van der Waals surface area contributed by atoms with Gasteiger partial charge in [0.2, 0.25) is 11.8 Å². The Bertz CT molecular complexity index is 919. The number of amides is 2. The van der Waals surface area contributed by atoms with Crippen molar-refractivity contribution < 1.29 is 14.3 Å². The summed E-state index contributed by atoms with van der Waals surface area (Å²) in [6, 6.07) is 10.2. The van der Waals surface area contributed by atoms with E-state index < -0.39 is 0 Å². The van der Waals surface area contributed by atoms with E-state index in [1.807, 2.05) is 30.3 Å². The average molecular weight is 394 g/mol. The number of ether oxygens (including phenoxy) is 1. The minimum Gasteiger partial charge on any atom is -0.490 e. The smallest absolute Gasteiger partial charge is 0.240 e. The molecule has 2 amide bonds. The first kappa shape index (κ1) is 19.4. The third-order valence-corrected chi connectivity index (χ3v) is 5.54. The number of nitrogens with zero attached hydrogens (tertiary/aromatic N) is 2. The summed E-state index contributed by atoms with van der Waals surface area (Å²) in [4.78, 5) is 27.7. The molecule has 2 heterocycles. The van der Waals surface area contributed by atoms with Crippen LogP contribution in [0.2, 0.25) is 0 Å². The van der Waals surface area contributed by atoms with Crippen LogP contribution < -0.4 is 15.5 Å². The maximum atomic E-state index is 12.2. The number of hydrogen-bond donors (Lipinski definition) is 2. The molecule has 2 aliphatic rings. The van der Waals surface area contributed by atoms with E-state index in [9.17, 15) is 9.59 Å². The van der Waals surface area contributed by atoms with Crippen LogP contribution in [0.3, 0.4) is 0 Å². The van der Waals surface area contributed by atoms with E-state index in [4.69, 9.17) is 4.74 Å². The molecular weight excluding hydrogens is 368 g/mol. The highest BCUT2D eigenvalue weighted by molar-refractivity contribution is 5.94. The standard InChI is InChI=1S/C22H26N4O3/c27-21(11-5-17-6-12-22(28)26-25-17)24-16-3-7-18(8-4-16)29-19-9-10-20-15(14-19)2-1-13-23-20/h1-2,9-10,13-14,16,18H,3-8,11-12H2,(H,24,27)(H,26,28). The van der Waals surface area contributed by atoms with Gasteiger partial charge in [-0.25, -0.2) is 5.43 Å². The zero-order valence-electron chi connectivity index (χ0n) is 16.4. The van der Waals surface area contributed by atoms with Gasteiger partial charge in [-0.1, -0.05) is 6.07 Å². The molecule has 1 fully saturated rings. The van der Waals surface area contributed by atoms with E-state index in [0.29, 0.717) is 25.7 Å². The van der Waals surface area contributed by atoms with Crippen molar-refractivity contribution in [1.29, 1.82) is 0 Å². The lowest BCUT2D eigenvalue weighted by Crippen LogP contribution is -2.39. The van der Waals surface area contributed by atoms with E-state index in [-0.39, 0.29) is 24.0 Å². The summed E-state index contributed by atoms with van der Waals surface area (Å²) in [5.41, 5.74) is 4.33. The molecular formula is C22H26N4O3. The number of nitrogens with one attached hydrogen (secondary N) is 2. The van der Waals surface area contributed by atoms with Crippen molar-refractivity contribution in [1.82, 2.24) is 15.7 Å². The Kier molecular flexibility index (Phi) is 6.03. The second kappa shape index (κ2) is 9.03. The lowest BCUT2D eigenvalue weighted by molar-refractivity contribution is -0.122. The number of rotatable bonds is 6. The Morgan fingerprint density at radius 3 is 2.83 bits per heavy atom. The van der Waals surface area contributed by atoms with E-state index in [2.05, 4.69) is 20.8 Å². The molecule has 1 aliphatic heterocycles. The number of fused-ring (bicyclic) bond motifs is 1. The normalized spacial score (nSPS) is 21.9. The van der Waals surface area contributed by atoms with Crippen LogP contribution in [-0.2, 0) is 9.59 Å². The van der Waals surface area contributed by atoms with Crippen LogP contribution in [0.4, 0.5) is 0 Å². The van der Waals surface area contributed by atoms with Gasteiger partial charge < -0.3 is 10.1 Å². The number of aromatic nitrogens is 1. The van der Waals surface area contributed by atoms with Gasteiger partial charge >= 0.3 is 0 Å². The molecule has 0 atom stereocenters. The predicted octanol–water partition coefficient (Wildman–Crippen LogP) is 3.09. The second-order valence-electron chi connectivity index (χ2n) is 7.73. The summed E-state index contributed by atoms with van der Waals surface area (Å²) in [6.07, 6.45) is 7.77. The fourth-order valence-corrected chi connectivity index (χ4v) is 3.89. The molecule has 0 unspecified atom stereocenters. The molecule has 0 bridgehead atoms. The summed E-state index contributed by atoms with van der Waals surface area (Å²) in [5, 5.41) is 8.22. The van der Waals surface area contributed by atoms with Gasteiger partial charge in [-0.3, -0.25) is 14.6 Å². The molecule has 0 spiro atoms. The number of benzene rings is 1. The van der Waals surface area contributed by atoms with Crippen molar-refractivity contribution in [3.05, 3.63) is 36.5 Å². The predicted molar refractivity (Wildman–Crippen MR) is 111 cm³/mol. The van der Waals surface area contributed by atoms with Gasteiger partial charge in [0, 0.05) is 36.2 Å². The topological polar surface area (TPSA) is 92.7 Å². The number of hydrogen-bond acceptors (Lipinski definition) is 5. The highest BCUT2D eigenvalue weighted by Gasteiger charge is 2.24. The van der Waals surface area contributed by atoms with Crippen molar-refractivity contribution in [2.75, 3.05) is 0 Å². The fraction of sp³-hybridized carbons (Fsp3) is 0.455. The molecule has 7 heteroatoms. The molecule has 0 radical (unpaired) electrons. The molecule has 29 heavy (non-hydrogen) atoms. The molecule has 1 saturated carbocycles. The largest absolute Gasteiger partial charge is 0.490 e. The molecule has 1 aromatic heterocycles. The lowest BCUT2D eigenvalue weighted by Gasteiger charge is -2.29. The molecule has 1 aromatic carbocycles. The third-order valence-electron chi connectivity index (χ3n) is 5.54. The lowest BCUT2D eigenvalue weighted by atomic mass is 9.92. The zero-order chi connectivity index (χ0) is 20.1. The highest BCUT2D eigenvalue weighted by atomic mass is 16.5. The van der Waals surface area contributed by atoms with Gasteiger partial charge in [-0.15, -0.1) is 0 Å². The Morgan fingerprint density at radius 1 is 1.17 bits per heavy atom. The molecule has 4 rings (SSSR count). The van der Waals surface area contributed by atoms with Gasteiger partial charge in [-0.2, -0.15) is 5.10 Å². The van der Waals surface area contributed by atoms with Crippen molar-refractivity contribution >= 4 is 28.4 Å². The van der Waals surface area contributed by atoms with Gasteiger partial charge in [0.05, 0.1) is 11.6 Å². The number of pyridine rings is 1. The minimum atomic E-state index is -0.0578. The summed E-state index contributed by atoms with van der Waals surface area (Å²) < 4.78 is 6.16. The third kappa shape index (κ3) is 5.31. The second-order valence-corrected chi connectivity index (χ2v) is 7.73. The summed E-state index contributed by atoms with van der Waals surface area (Å²) in [5.74, 6) is 0.867. The van der Waals surface area contributed by atoms with Crippen LogP contribution in [0.25, 0.3) is 10.9 Å². The van der Waals surface area contributed by atoms with Crippen molar-refractivity contribution in [3.63, 3.8) is 0 Å². The Labute approximate surface area is 169 Å². The Morgan fingerprint density at radius 2 is 2.03 bits per heavy atom. The number of carbonyl (C=O) groups excluding carboxylic acids is 2. The van der Waals surface area contributed by atoms with Crippen molar-refractivity contribution in [2.24, 2.45) is 5.10 Å².